The molecule has 0 aromatic rings. The Morgan fingerprint density at radius 2 is 2.50 bits per heavy atom. The first kappa shape index (κ1) is 7.87. The summed E-state index contributed by atoms with van der Waals surface area (Å²) in [5.41, 5.74) is 5.05. The van der Waals surface area contributed by atoms with Crippen LogP contribution in [0.5, 0.6) is 0 Å². The Hall–Kier alpha value is -0.130. The molecule has 1 amide bonds. The largest absolute Gasteiger partial charge is 0.370 e. The predicted molar refractivity (Wildman–Crippen MR) is 32.1 cm³/mol. The van der Waals surface area contributed by atoms with Crippen LogP contribution in [0, 0.1) is 0 Å². The standard InChI is InChI=1S/C3H7BrN2O2/c4-1-6-3(8)2(5)7/h2,7H,1,5H2,(H,6,8). The summed E-state index contributed by atoms with van der Waals surface area (Å²) >= 11 is 2.92. The van der Waals surface area contributed by atoms with Crippen LogP contribution in [-0.4, -0.2) is 22.7 Å². The quantitative estimate of drug-likeness (QED) is 0.284. The van der Waals surface area contributed by atoms with Gasteiger partial charge < -0.3 is 10.4 Å². The maximum Gasteiger partial charge on any atom is 0.264 e. The molecule has 1 atom stereocenters. The Morgan fingerprint density at radius 1 is 2.00 bits per heavy atom. The number of rotatable bonds is 2. The topological polar surface area (TPSA) is 75.3 Å². The van der Waals surface area contributed by atoms with E-state index in [0.717, 1.165) is 0 Å². The van der Waals surface area contributed by atoms with Crippen LogP contribution < -0.4 is 11.1 Å². The molecule has 0 aliphatic heterocycles. The van der Waals surface area contributed by atoms with Crippen LogP contribution in [0.15, 0.2) is 0 Å². The Kier molecular flexibility index (Phi) is 3.76. The first-order valence-corrected chi connectivity index (χ1v) is 3.08. The summed E-state index contributed by atoms with van der Waals surface area (Å²) in [7, 11) is 0. The number of carbonyl (C=O) groups is 1. The highest BCUT2D eigenvalue weighted by molar-refractivity contribution is 9.09. The summed E-state index contributed by atoms with van der Waals surface area (Å²) in [6.45, 7) is 0. The van der Waals surface area contributed by atoms with Crippen LogP contribution in [-0.2, 0) is 4.79 Å². The highest BCUT2D eigenvalue weighted by atomic mass is 79.9. The van der Waals surface area contributed by atoms with E-state index in [-0.39, 0.29) is 0 Å². The van der Waals surface area contributed by atoms with Crippen molar-refractivity contribution in [2.24, 2.45) is 5.73 Å². The van der Waals surface area contributed by atoms with Gasteiger partial charge in [0.2, 0.25) is 0 Å². The van der Waals surface area contributed by atoms with Crippen molar-refractivity contribution in [3.05, 3.63) is 0 Å². The van der Waals surface area contributed by atoms with Gasteiger partial charge in [-0.25, -0.2) is 0 Å². The average molecular weight is 183 g/mol. The maximum absolute atomic E-state index is 10.2. The van der Waals surface area contributed by atoms with Crippen LogP contribution in [0.2, 0.25) is 0 Å². The molecular formula is C3H7BrN2O2. The molecule has 0 saturated carbocycles. The number of alkyl halides is 1. The first-order valence-electron chi connectivity index (χ1n) is 1.96. The van der Waals surface area contributed by atoms with Gasteiger partial charge in [0.25, 0.3) is 5.91 Å². The van der Waals surface area contributed by atoms with Crippen molar-refractivity contribution in [1.82, 2.24) is 5.32 Å². The van der Waals surface area contributed by atoms with Crippen molar-refractivity contribution in [1.29, 1.82) is 0 Å². The molecule has 0 rings (SSSR count). The number of nitrogens with two attached hydrogens (primary N) is 1. The number of aliphatic hydroxyl groups is 1. The van der Waals surface area contributed by atoms with E-state index >= 15 is 0 Å². The molecule has 4 nitrogen and oxygen atoms in total. The lowest BCUT2D eigenvalue weighted by Gasteiger charge is -2.01. The smallest absolute Gasteiger partial charge is 0.264 e. The molecule has 0 aromatic heterocycles. The van der Waals surface area contributed by atoms with Crippen molar-refractivity contribution < 1.29 is 9.90 Å². The molecule has 0 radical (unpaired) electrons. The molecule has 0 heterocycles. The van der Waals surface area contributed by atoms with E-state index in [1.54, 1.807) is 0 Å². The van der Waals surface area contributed by atoms with E-state index in [4.69, 9.17) is 10.8 Å². The van der Waals surface area contributed by atoms with Gasteiger partial charge in [0, 0.05) is 0 Å². The van der Waals surface area contributed by atoms with Crippen LogP contribution >= 0.6 is 15.9 Å². The average Bonchev–Trinajstić information content (AvgIpc) is 1.67. The molecule has 48 valence electrons. The van der Waals surface area contributed by atoms with E-state index in [2.05, 4.69) is 21.2 Å². The number of aliphatic hydroxyl groups excluding tert-OH is 1. The normalized spacial score (nSPS) is 12.9. The van der Waals surface area contributed by atoms with Gasteiger partial charge in [0.1, 0.15) is 0 Å². The predicted octanol–water partition coefficient (Wildman–Crippen LogP) is -1.27. The number of nitrogens with one attached hydrogen (secondary N) is 1. The lowest BCUT2D eigenvalue weighted by atomic mass is 10.5. The highest BCUT2D eigenvalue weighted by Crippen LogP contribution is 1.74. The first-order chi connectivity index (χ1) is 3.68. The minimum absolute atomic E-state index is 0.306. The molecule has 0 fully saturated rings. The van der Waals surface area contributed by atoms with Gasteiger partial charge in [0.05, 0.1) is 5.45 Å². The third kappa shape index (κ3) is 2.95. The third-order valence-corrected chi connectivity index (χ3v) is 0.790. The summed E-state index contributed by atoms with van der Waals surface area (Å²) in [6.07, 6.45) is -1.41. The van der Waals surface area contributed by atoms with Gasteiger partial charge in [-0.1, -0.05) is 15.9 Å². The summed E-state index contributed by atoms with van der Waals surface area (Å²) in [4.78, 5) is 10.2. The van der Waals surface area contributed by atoms with Gasteiger partial charge in [-0.05, 0) is 0 Å². The number of carbonyl (C=O) groups excluding carboxylic acids is 1. The van der Waals surface area contributed by atoms with Gasteiger partial charge >= 0.3 is 0 Å². The SMILES string of the molecule is NC(O)C(=O)NCBr. The number of hydrogen-bond acceptors (Lipinski definition) is 3. The molecular weight excluding hydrogens is 176 g/mol. The van der Waals surface area contributed by atoms with Crippen LogP contribution in [0.1, 0.15) is 0 Å². The maximum atomic E-state index is 10.2. The van der Waals surface area contributed by atoms with Gasteiger partial charge in [-0.15, -0.1) is 0 Å². The molecule has 0 aromatic carbocycles. The minimum Gasteiger partial charge on any atom is -0.370 e. The van der Waals surface area contributed by atoms with E-state index in [9.17, 15) is 4.79 Å². The molecule has 0 aliphatic carbocycles. The second-order valence-corrected chi connectivity index (χ2v) is 1.68. The van der Waals surface area contributed by atoms with Gasteiger partial charge in [-0.2, -0.15) is 0 Å². The fourth-order valence-electron chi connectivity index (χ4n) is 0.170. The molecule has 0 aliphatic rings. The van der Waals surface area contributed by atoms with Crippen LogP contribution in [0.4, 0.5) is 0 Å². The van der Waals surface area contributed by atoms with E-state index in [1.807, 2.05) is 0 Å². The Labute approximate surface area is 55.2 Å². The molecule has 5 heteroatoms. The monoisotopic (exact) mass is 182 g/mol. The zero-order chi connectivity index (χ0) is 6.57. The Bertz CT molecular complexity index is 85.4. The molecule has 0 saturated heterocycles. The van der Waals surface area contributed by atoms with E-state index in [1.165, 1.54) is 0 Å². The summed E-state index contributed by atoms with van der Waals surface area (Å²) in [6, 6.07) is 0. The molecule has 8 heavy (non-hydrogen) atoms. The molecule has 0 bridgehead atoms. The molecule has 0 spiro atoms. The summed E-state index contributed by atoms with van der Waals surface area (Å²) < 4.78 is 0. The van der Waals surface area contributed by atoms with Crippen molar-refractivity contribution in [3.8, 4) is 0 Å². The summed E-state index contributed by atoms with van der Waals surface area (Å²) in [5.74, 6) is -0.582. The second-order valence-electron chi connectivity index (χ2n) is 1.12. The Balaban J connectivity index is 3.33. The van der Waals surface area contributed by atoms with E-state index < -0.39 is 12.1 Å². The second kappa shape index (κ2) is 3.82. The van der Waals surface area contributed by atoms with Gasteiger partial charge in [-0.3, -0.25) is 10.5 Å². The van der Waals surface area contributed by atoms with Crippen molar-refractivity contribution >= 4 is 21.8 Å². The summed E-state index contributed by atoms with van der Waals surface area (Å²) in [5, 5.41) is 10.5. The minimum atomic E-state index is -1.41. The number of hydrogen-bond donors (Lipinski definition) is 3. The number of amides is 1. The van der Waals surface area contributed by atoms with E-state index in [0.29, 0.717) is 5.45 Å². The lowest BCUT2D eigenvalue weighted by Crippen LogP contribution is -2.39. The van der Waals surface area contributed by atoms with Crippen molar-refractivity contribution in [2.75, 3.05) is 5.45 Å². The zero-order valence-corrected chi connectivity index (χ0v) is 5.68. The molecule has 4 N–H and O–H groups in total. The van der Waals surface area contributed by atoms with Crippen molar-refractivity contribution in [2.45, 2.75) is 6.23 Å². The van der Waals surface area contributed by atoms with Gasteiger partial charge in [0.15, 0.2) is 6.23 Å². The Morgan fingerprint density at radius 3 is 2.62 bits per heavy atom. The molecule has 1 unspecified atom stereocenters. The van der Waals surface area contributed by atoms with Crippen LogP contribution in [0.3, 0.4) is 0 Å². The fourth-order valence-corrected chi connectivity index (χ4v) is 0.447. The zero-order valence-electron chi connectivity index (χ0n) is 4.10. The number of halogens is 1. The van der Waals surface area contributed by atoms with Crippen molar-refractivity contribution in [3.63, 3.8) is 0 Å². The fraction of sp³-hybridized carbons (Fsp3) is 0.667. The lowest BCUT2D eigenvalue weighted by molar-refractivity contribution is -0.128. The third-order valence-electron chi connectivity index (χ3n) is 0.510. The highest BCUT2D eigenvalue weighted by Gasteiger charge is 2.05. The van der Waals surface area contributed by atoms with Crippen LogP contribution in [0.25, 0.3) is 0 Å².